The highest BCUT2D eigenvalue weighted by Crippen LogP contribution is 2.50. The minimum atomic E-state index is -3.65. The smallest absolute Gasteiger partial charge is 0.244 e. The maximum absolute atomic E-state index is 13.1. The van der Waals surface area contributed by atoms with Crippen molar-refractivity contribution >= 4 is 20.0 Å². The van der Waals surface area contributed by atoms with Crippen molar-refractivity contribution in [1.82, 2.24) is 8.61 Å². The van der Waals surface area contributed by atoms with Gasteiger partial charge in [0.25, 0.3) is 0 Å². The number of methoxy groups -OCH3 is 1. The van der Waals surface area contributed by atoms with Crippen LogP contribution in [0.25, 0.3) is 0 Å². The fraction of sp³-hybridized carbons (Fsp3) is 0.625. The van der Waals surface area contributed by atoms with Crippen LogP contribution in [-0.4, -0.2) is 64.0 Å². The minimum absolute atomic E-state index is 0.186. The standard InChI is InChI=1S/C16H22N2O5S2/c1-23-11-10-18-16(14-4-2-3-5-15(14)25(18,21)22)8-9-17(12-16)24(19,20)13-6-7-13/h2-5,13H,6-12H2,1H3/t16-/m0/s1. The zero-order valence-electron chi connectivity index (χ0n) is 14.1. The average molecular weight is 386 g/mol. The van der Waals surface area contributed by atoms with Crippen molar-refractivity contribution in [3.8, 4) is 0 Å². The Bertz CT molecular complexity index is 895. The van der Waals surface area contributed by atoms with Gasteiger partial charge in [-0.3, -0.25) is 0 Å². The molecule has 0 bridgehead atoms. The van der Waals surface area contributed by atoms with E-state index in [1.807, 2.05) is 12.1 Å². The molecule has 2 heterocycles. The van der Waals surface area contributed by atoms with Crippen LogP contribution >= 0.6 is 0 Å². The molecule has 1 saturated heterocycles. The van der Waals surface area contributed by atoms with Gasteiger partial charge in [0.2, 0.25) is 20.0 Å². The molecule has 9 heteroatoms. The first-order valence-corrected chi connectivity index (χ1v) is 11.4. The summed E-state index contributed by atoms with van der Waals surface area (Å²) in [4.78, 5) is 0.289. The van der Waals surface area contributed by atoms with Gasteiger partial charge >= 0.3 is 0 Å². The van der Waals surface area contributed by atoms with Crippen LogP contribution < -0.4 is 0 Å². The summed E-state index contributed by atoms with van der Waals surface area (Å²) in [6, 6.07) is 6.94. The van der Waals surface area contributed by atoms with Gasteiger partial charge < -0.3 is 4.74 Å². The van der Waals surface area contributed by atoms with Gasteiger partial charge in [-0.15, -0.1) is 0 Å². The van der Waals surface area contributed by atoms with E-state index >= 15 is 0 Å². The number of hydrogen-bond donors (Lipinski definition) is 0. The summed E-state index contributed by atoms with van der Waals surface area (Å²) < 4.78 is 59.5. The summed E-state index contributed by atoms with van der Waals surface area (Å²) in [5.74, 6) is 0. The summed E-state index contributed by atoms with van der Waals surface area (Å²) in [5, 5.41) is -0.289. The van der Waals surface area contributed by atoms with Gasteiger partial charge in [0.1, 0.15) is 0 Å². The van der Waals surface area contributed by atoms with E-state index in [0.29, 0.717) is 31.4 Å². The molecule has 7 nitrogen and oxygen atoms in total. The van der Waals surface area contributed by atoms with Crippen LogP contribution in [0.15, 0.2) is 29.2 Å². The minimum Gasteiger partial charge on any atom is -0.383 e. The summed E-state index contributed by atoms with van der Waals surface area (Å²) in [7, 11) is -5.46. The van der Waals surface area contributed by atoms with Crippen LogP contribution in [0.4, 0.5) is 0 Å². The molecule has 0 amide bonds. The molecule has 3 aliphatic rings. The van der Waals surface area contributed by atoms with Crippen molar-refractivity contribution in [2.45, 2.75) is 34.9 Å². The normalized spacial score (nSPS) is 29.3. The van der Waals surface area contributed by atoms with Crippen LogP contribution in [0.1, 0.15) is 24.8 Å². The SMILES string of the molecule is COCCN1[C@]2(CCN(S(=O)(=O)C3CC3)C2)c2ccccc2S1(=O)=O. The van der Waals surface area contributed by atoms with E-state index in [4.69, 9.17) is 4.74 Å². The van der Waals surface area contributed by atoms with E-state index in [9.17, 15) is 16.8 Å². The maximum atomic E-state index is 13.1. The van der Waals surface area contributed by atoms with Gasteiger partial charge in [0.05, 0.1) is 22.3 Å². The van der Waals surface area contributed by atoms with Gasteiger partial charge in [-0.05, 0) is 30.9 Å². The Kier molecular flexibility index (Phi) is 4.01. The van der Waals surface area contributed by atoms with E-state index < -0.39 is 25.6 Å². The van der Waals surface area contributed by atoms with Crippen molar-refractivity contribution < 1.29 is 21.6 Å². The molecule has 25 heavy (non-hydrogen) atoms. The van der Waals surface area contributed by atoms with Crippen LogP contribution in [0.3, 0.4) is 0 Å². The molecule has 1 aromatic carbocycles. The number of nitrogens with zero attached hydrogens (tertiary/aromatic N) is 2. The molecule has 0 unspecified atom stereocenters. The molecule has 4 rings (SSSR count). The Morgan fingerprint density at radius 3 is 2.68 bits per heavy atom. The highest BCUT2D eigenvalue weighted by atomic mass is 32.2. The zero-order chi connectivity index (χ0) is 17.9. The fourth-order valence-corrected chi connectivity index (χ4v) is 7.98. The fourth-order valence-electron chi connectivity index (χ4n) is 4.04. The van der Waals surface area contributed by atoms with E-state index in [-0.39, 0.29) is 29.8 Å². The molecule has 138 valence electrons. The Hall–Kier alpha value is -1.00. The number of benzene rings is 1. The molecule has 0 N–H and O–H groups in total. The maximum Gasteiger partial charge on any atom is 0.244 e. The molecular formula is C16H22N2O5S2. The molecular weight excluding hydrogens is 364 g/mol. The van der Waals surface area contributed by atoms with Crippen molar-refractivity contribution in [2.75, 3.05) is 33.4 Å². The number of hydrogen-bond acceptors (Lipinski definition) is 5. The lowest BCUT2D eigenvalue weighted by atomic mass is 9.89. The Morgan fingerprint density at radius 2 is 2.00 bits per heavy atom. The first-order valence-electron chi connectivity index (χ1n) is 8.44. The highest BCUT2D eigenvalue weighted by Gasteiger charge is 2.59. The van der Waals surface area contributed by atoms with Crippen molar-refractivity contribution in [1.29, 1.82) is 0 Å². The van der Waals surface area contributed by atoms with Gasteiger partial charge in [-0.2, -0.15) is 8.61 Å². The first kappa shape index (κ1) is 17.4. The topological polar surface area (TPSA) is 84.0 Å². The molecule has 0 radical (unpaired) electrons. The third-order valence-corrected chi connectivity index (χ3v) is 9.82. The average Bonchev–Trinajstić information content (AvgIpc) is 3.32. The molecule has 2 aliphatic heterocycles. The van der Waals surface area contributed by atoms with Crippen LogP contribution in [0, 0.1) is 0 Å². The first-order chi connectivity index (χ1) is 11.8. The van der Waals surface area contributed by atoms with Gasteiger partial charge in [-0.1, -0.05) is 18.2 Å². The number of ether oxygens (including phenoxy) is 1. The summed E-state index contributed by atoms with van der Waals surface area (Å²) >= 11 is 0. The lowest BCUT2D eigenvalue weighted by Gasteiger charge is -2.33. The van der Waals surface area contributed by atoms with Gasteiger partial charge in [-0.25, -0.2) is 16.8 Å². The van der Waals surface area contributed by atoms with Crippen molar-refractivity contribution in [2.24, 2.45) is 0 Å². The van der Waals surface area contributed by atoms with Crippen LogP contribution in [0.5, 0.6) is 0 Å². The summed E-state index contributed by atoms with van der Waals surface area (Å²) in [6.07, 6.45) is 1.88. The quantitative estimate of drug-likeness (QED) is 0.745. The molecule has 1 aromatic rings. The molecule has 1 atom stereocenters. The second-order valence-electron chi connectivity index (χ2n) is 6.93. The second kappa shape index (κ2) is 5.75. The lowest BCUT2D eigenvalue weighted by molar-refractivity contribution is 0.135. The predicted octanol–water partition coefficient (Wildman–Crippen LogP) is 0.731. The number of fused-ring (bicyclic) bond motifs is 2. The zero-order valence-corrected chi connectivity index (χ0v) is 15.7. The van der Waals surface area contributed by atoms with Crippen LogP contribution in [0.2, 0.25) is 0 Å². The highest BCUT2D eigenvalue weighted by molar-refractivity contribution is 7.90. The molecule has 0 aromatic heterocycles. The van der Waals surface area contributed by atoms with Gasteiger partial charge in [0, 0.05) is 26.7 Å². The molecule has 1 spiro atoms. The number of sulfonamides is 2. The lowest BCUT2D eigenvalue weighted by Crippen LogP contribution is -2.48. The summed E-state index contributed by atoms with van der Waals surface area (Å²) in [6.45, 7) is 1.02. The second-order valence-corrected chi connectivity index (χ2v) is 11.0. The Labute approximate surface area is 148 Å². The molecule has 1 saturated carbocycles. The Morgan fingerprint density at radius 1 is 1.28 bits per heavy atom. The van der Waals surface area contributed by atoms with E-state index in [1.54, 1.807) is 12.1 Å². The van der Waals surface area contributed by atoms with Gasteiger partial charge in [0.15, 0.2) is 0 Å². The predicted molar refractivity (Wildman–Crippen MR) is 92.0 cm³/mol. The molecule has 1 aliphatic carbocycles. The monoisotopic (exact) mass is 386 g/mol. The Balaban J connectivity index is 1.78. The van der Waals surface area contributed by atoms with E-state index in [2.05, 4.69) is 0 Å². The van der Waals surface area contributed by atoms with E-state index in [0.717, 1.165) is 0 Å². The third-order valence-electron chi connectivity index (χ3n) is 5.45. The van der Waals surface area contributed by atoms with Crippen molar-refractivity contribution in [3.63, 3.8) is 0 Å². The third kappa shape index (κ3) is 2.48. The van der Waals surface area contributed by atoms with Crippen LogP contribution in [-0.2, 0) is 30.3 Å². The van der Waals surface area contributed by atoms with E-state index in [1.165, 1.54) is 15.7 Å². The molecule has 2 fully saturated rings. The largest absolute Gasteiger partial charge is 0.383 e. The number of rotatable bonds is 5. The van der Waals surface area contributed by atoms with Crippen molar-refractivity contribution in [3.05, 3.63) is 29.8 Å². The summed E-state index contributed by atoms with van der Waals surface area (Å²) in [5.41, 5.74) is -0.116.